The van der Waals surface area contributed by atoms with Gasteiger partial charge in [0.1, 0.15) is 0 Å². The number of carbonyl (C=O) groups is 1. The number of hydrogen-bond acceptors (Lipinski definition) is 3. The Morgan fingerprint density at radius 3 is 2.76 bits per heavy atom. The molecule has 0 atom stereocenters. The Bertz CT molecular complexity index is 959. The second-order valence-electron chi connectivity index (χ2n) is 6.72. The van der Waals surface area contributed by atoms with Gasteiger partial charge in [0.25, 0.3) is 5.91 Å². The fourth-order valence-corrected chi connectivity index (χ4v) is 3.33. The number of nitrogens with one attached hydrogen (secondary N) is 1. The number of rotatable bonds is 4. The first-order valence-electron chi connectivity index (χ1n) is 8.48. The van der Waals surface area contributed by atoms with Crippen LogP contribution >= 0.6 is 15.9 Å². The Morgan fingerprint density at radius 2 is 2.08 bits per heavy atom. The predicted molar refractivity (Wildman–Crippen MR) is 102 cm³/mol. The summed E-state index contributed by atoms with van der Waals surface area (Å²) in [7, 11) is 0. The highest BCUT2D eigenvalue weighted by Crippen LogP contribution is 2.40. The summed E-state index contributed by atoms with van der Waals surface area (Å²) < 4.78 is 2.74. The molecule has 1 aliphatic rings. The maximum atomic E-state index is 13.0. The molecule has 2 heterocycles. The van der Waals surface area contributed by atoms with Crippen molar-refractivity contribution < 1.29 is 4.79 Å². The molecule has 6 heteroatoms. The SMILES string of the molecule is CC(C)n1ncc2c(C(=O)Nc3ccccc3Br)cc(C3CC3)nc21. The molecule has 0 bridgehead atoms. The third-order valence-electron chi connectivity index (χ3n) is 4.44. The summed E-state index contributed by atoms with van der Waals surface area (Å²) in [5.74, 6) is 0.333. The van der Waals surface area contributed by atoms with Gasteiger partial charge in [-0.15, -0.1) is 0 Å². The van der Waals surface area contributed by atoms with Crippen LogP contribution in [0.25, 0.3) is 11.0 Å². The highest BCUT2D eigenvalue weighted by atomic mass is 79.9. The van der Waals surface area contributed by atoms with Gasteiger partial charge in [-0.25, -0.2) is 9.67 Å². The second-order valence-corrected chi connectivity index (χ2v) is 7.58. The lowest BCUT2D eigenvalue weighted by Gasteiger charge is -2.11. The van der Waals surface area contributed by atoms with Gasteiger partial charge >= 0.3 is 0 Å². The summed E-state index contributed by atoms with van der Waals surface area (Å²) in [5, 5.41) is 8.24. The number of carbonyl (C=O) groups excluding carboxylic acids is 1. The van der Waals surface area contributed by atoms with Crippen molar-refractivity contribution in [1.82, 2.24) is 14.8 Å². The van der Waals surface area contributed by atoms with E-state index < -0.39 is 0 Å². The number of halogens is 1. The molecule has 1 fully saturated rings. The molecule has 3 aromatic rings. The molecule has 0 saturated heterocycles. The molecule has 0 spiro atoms. The van der Waals surface area contributed by atoms with E-state index >= 15 is 0 Å². The lowest BCUT2D eigenvalue weighted by molar-refractivity contribution is 0.102. The van der Waals surface area contributed by atoms with Crippen LogP contribution in [0.2, 0.25) is 0 Å². The zero-order valence-electron chi connectivity index (χ0n) is 14.2. The zero-order valence-corrected chi connectivity index (χ0v) is 15.7. The van der Waals surface area contributed by atoms with Gasteiger partial charge in [-0.3, -0.25) is 4.79 Å². The minimum absolute atomic E-state index is 0.135. The summed E-state index contributed by atoms with van der Waals surface area (Å²) in [6, 6.07) is 9.72. The van der Waals surface area contributed by atoms with Crippen molar-refractivity contribution in [1.29, 1.82) is 0 Å². The highest BCUT2D eigenvalue weighted by molar-refractivity contribution is 9.10. The van der Waals surface area contributed by atoms with E-state index in [1.807, 2.05) is 35.0 Å². The highest BCUT2D eigenvalue weighted by Gasteiger charge is 2.28. The lowest BCUT2D eigenvalue weighted by atomic mass is 10.1. The molecule has 0 unspecified atom stereocenters. The minimum atomic E-state index is -0.135. The third-order valence-corrected chi connectivity index (χ3v) is 5.13. The van der Waals surface area contributed by atoms with E-state index in [-0.39, 0.29) is 11.9 Å². The van der Waals surface area contributed by atoms with E-state index in [1.54, 1.807) is 6.20 Å². The molecule has 0 radical (unpaired) electrons. The van der Waals surface area contributed by atoms with Gasteiger partial charge in [-0.1, -0.05) is 12.1 Å². The summed E-state index contributed by atoms with van der Waals surface area (Å²) in [5.41, 5.74) is 3.17. The lowest BCUT2D eigenvalue weighted by Crippen LogP contribution is -2.14. The molecular formula is C19H19BrN4O. The topological polar surface area (TPSA) is 59.8 Å². The van der Waals surface area contributed by atoms with E-state index in [1.165, 1.54) is 0 Å². The normalized spacial score (nSPS) is 14.2. The zero-order chi connectivity index (χ0) is 17.6. The van der Waals surface area contributed by atoms with Crippen LogP contribution in [0, 0.1) is 0 Å². The van der Waals surface area contributed by atoms with Gasteiger partial charge in [-0.05, 0) is 60.8 Å². The van der Waals surface area contributed by atoms with Crippen LogP contribution < -0.4 is 5.32 Å². The van der Waals surface area contributed by atoms with E-state index in [4.69, 9.17) is 4.98 Å². The second kappa shape index (κ2) is 6.26. The van der Waals surface area contributed by atoms with Crippen LogP contribution in [-0.4, -0.2) is 20.7 Å². The number of para-hydroxylation sites is 1. The molecular weight excluding hydrogens is 380 g/mol. The Balaban J connectivity index is 1.80. The van der Waals surface area contributed by atoms with Gasteiger partial charge in [0, 0.05) is 22.1 Å². The Morgan fingerprint density at radius 1 is 1.32 bits per heavy atom. The van der Waals surface area contributed by atoms with Gasteiger partial charge in [0.15, 0.2) is 5.65 Å². The maximum absolute atomic E-state index is 13.0. The van der Waals surface area contributed by atoms with Crippen LogP contribution in [0.1, 0.15) is 54.7 Å². The van der Waals surface area contributed by atoms with Crippen LogP contribution in [0.4, 0.5) is 5.69 Å². The average Bonchev–Trinajstić information content (AvgIpc) is 3.35. The minimum Gasteiger partial charge on any atom is -0.321 e. The van der Waals surface area contributed by atoms with E-state index in [2.05, 4.69) is 40.2 Å². The predicted octanol–water partition coefficient (Wildman–Crippen LogP) is 4.90. The average molecular weight is 399 g/mol. The Kier molecular flexibility index (Phi) is 4.07. The van der Waals surface area contributed by atoms with E-state index in [9.17, 15) is 4.79 Å². The van der Waals surface area contributed by atoms with Crippen molar-refractivity contribution in [2.24, 2.45) is 0 Å². The molecule has 1 saturated carbocycles. The van der Waals surface area contributed by atoms with E-state index in [0.717, 1.165) is 39.7 Å². The fraction of sp³-hybridized carbons (Fsp3) is 0.316. The van der Waals surface area contributed by atoms with Gasteiger partial charge in [-0.2, -0.15) is 5.10 Å². The number of nitrogens with zero attached hydrogens (tertiary/aromatic N) is 3. The van der Waals surface area contributed by atoms with Crippen molar-refractivity contribution in [3.63, 3.8) is 0 Å². The van der Waals surface area contributed by atoms with Crippen LogP contribution in [0.15, 0.2) is 41.0 Å². The number of pyridine rings is 1. The number of fused-ring (bicyclic) bond motifs is 1. The molecule has 1 N–H and O–H groups in total. The molecule has 128 valence electrons. The van der Waals surface area contributed by atoms with Crippen molar-refractivity contribution in [2.45, 2.75) is 38.6 Å². The molecule has 4 rings (SSSR count). The monoisotopic (exact) mass is 398 g/mol. The van der Waals surface area contributed by atoms with E-state index in [0.29, 0.717) is 11.5 Å². The largest absolute Gasteiger partial charge is 0.321 e. The van der Waals surface area contributed by atoms with Crippen molar-refractivity contribution in [2.75, 3.05) is 5.32 Å². The first-order chi connectivity index (χ1) is 12.0. The number of amides is 1. The quantitative estimate of drug-likeness (QED) is 0.679. The first-order valence-corrected chi connectivity index (χ1v) is 9.28. The van der Waals surface area contributed by atoms with Crippen LogP contribution in [0.3, 0.4) is 0 Å². The van der Waals surface area contributed by atoms with Crippen molar-refractivity contribution in [3.8, 4) is 0 Å². The number of hydrogen-bond donors (Lipinski definition) is 1. The summed E-state index contributed by atoms with van der Waals surface area (Å²) >= 11 is 3.47. The smallest absolute Gasteiger partial charge is 0.256 e. The summed E-state index contributed by atoms with van der Waals surface area (Å²) in [6.07, 6.45) is 4.02. The van der Waals surface area contributed by atoms with Crippen LogP contribution in [0.5, 0.6) is 0 Å². The van der Waals surface area contributed by atoms with Crippen molar-refractivity contribution >= 4 is 38.6 Å². The number of anilines is 1. The Hall–Kier alpha value is -2.21. The van der Waals surface area contributed by atoms with Gasteiger partial charge in [0.2, 0.25) is 0 Å². The molecule has 1 amide bonds. The molecule has 1 aliphatic carbocycles. The molecule has 2 aromatic heterocycles. The fourth-order valence-electron chi connectivity index (χ4n) is 2.94. The third kappa shape index (κ3) is 3.06. The summed E-state index contributed by atoms with van der Waals surface area (Å²) in [4.78, 5) is 17.8. The molecule has 5 nitrogen and oxygen atoms in total. The molecule has 0 aliphatic heterocycles. The first kappa shape index (κ1) is 16.3. The maximum Gasteiger partial charge on any atom is 0.256 e. The molecule has 25 heavy (non-hydrogen) atoms. The summed E-state index contributed by atoms with van der Waals surface area (Å²) in [6.45, 7) is 4.14. The number of aromatic nitrogens is 3. The standard InChI is InChI=1S/C19H19BrN4O/c1-11(2)24-18-14(10-21-24)13(9-17(22-18)12-7-8-12)19(25)23-16-6-4-3-5-15(16)20/h3-6,9-12H,7-8H2,1-2H3,(H,23,25). The van der Waals surface area contributed by atoms with Crippen LogP contribution in [-0.2, 0) is 0 Å². The molecule has 1 aromatic carbocycles. The van der Waals surface area contributed by atoms with Gasteiger partial charge < -0.3 is 5.32 Å². The Labute approximate surface area is 154 Å². The van der Waals surface area contributed by atoms with Gasteiger partial charge in [0.05, 0.1) is 22.8 Å². The van der Waals surface area contributed by atoms with Crippen molar-refractivity contribution in [3.05, 3.63) is 52.3 Å². The number of benzene rings is 1.